The summed E-state index contributed by atoms with van der Waals surface area (Å²) in [6, 6.07) is 10.4. The van der Waals surface area contributed by atoms with Crippen LogP contribution in [-0.2, 0) is 10.0 Å². The highest BCUT2D eigenvalue weighted by Crippen LogP contribution is 2.52. The van der Waals surface area contributed by atoms with E-state index in [0.29, 0.717) is 5.75 Å². The van der Waals surface area contributed by atoms with Gasteiger partial charge in [0.2, 0.25) is 10.0 Å². The maximum Gasteiger partial charge on any atom is 0.240 e. The summed E-state index contributed by atoms with van der Waals surface area (Å²) in [5.41, 5.74) is 2.63. The number of para-hydroxylation sites is 1. The summed E-state index contributed by atoms with van der Waals surface area (Å²) in [5, 5.41) is 14.2. The van der Waals surface area contributed by atoms with Crippen molar-refractivity contribution in [1.29, 1.82) is 0 Å². The van der Waals surface area contributed by atoms with Crippen molar-refractivity contribution < 1.29 is 18.3 Å². The number of anilines is 1. The fourth-order valence-corrected chi connectivity index (χ4v) is 5.67. The zero-order valence-corrected chi connectivity index (χ0v) is 17.5. The Labute approximate surface area is 171 Å². The minimum absolute atomic E-state index is 0.0797. The number of allylic oxidation sites excluding steroid dienone is 2. The first-order valence-electron chi connectivity index (χ1n) is 9.77. The molecule has 0 aromatic heterocycles. The maximum atomic E-state index is 12.6. The van der Waals surface area contributed by atoms with E-state index < -0.39 is 10.0 Å². The first-order chi connectivity index (χ1) is 13.8. The molecule has 1 aliphatic heterocycles. The standard InChI is InChI=1S/C22H26N2O4S/c1-13(2)24-29(26,27)14-10-11-19-18(12-14)15-6-4-7-16(15)21(23-19)17-8-5-9-20(28-3)22(17)25/h4-6,8-13,15-16,21,23-25H,7H2,1-3H3. The number of ether oxygens (including phenoxy) is 1. The third kappa shape index (κ3) is 3.49. The Balaban J connectivity index is 1.75. The molecular formula is C22H26N2O4S. The number of phenols is 1. The van der Waals surface area contributed by atoms with Crippen molar-refractivity contribution in [1.82, 2.24) is 4.72 Å². The van der Waals surface area contributed by atoms with Crippen molar-refractivity contribution in [3.05, 3.63) is 59.7 Å². The summed E-state index contributed by atoms with van der Waals surface area (Å²) >= 11 is 0. The van der Waals surface area contributed by atoms with E-state index >= 15 is 0 Å². The van der Waals surface area contributed by atoms with Crippen LogP contribution in [0.25, 0.3) is 0 Å². The van der Waals surface area contributed by atoms with Gasteiger partial charge in [0.15, 0.2) is 11.5 Å². The zero-order valence-electron chi connectivity index (χ0n) is 16.7. The number of sulfonamides is 1. The van der Waals surface area contributed by atoms with E-state index in [1.807, 2.05) is 18.2 Å². The molecule has 3 atom stereocenters. The number of methoxy groups -OCH3 is 1. The zero-order chi connectivity index (χ0) is 20.8. The number of hydrogen-bond donors (Lipinski definition) is 3. The molecule has 1 aliphatic carbocycles. The highest BCUT2D eigenvalue weighted by molar-refractivity contribution is 7.89. The molecule has 0 saturated heterocycles. The molecular weight excluding hydrogens is 388 g/mol. The molecule has 0 fully saturated rings. The van der Waals surface area contributed by atoms with Crippen LogP contribution in [0.1, 0.15) is 43.4 Å². The summed E-state index contributed by atoms with van der Waals surface area (Å²) < 4.78 is 33.2. The van der Waals surface area contributed by atoms with E-state index in [2.05, 4.69) is 22.2 Å². The molecule has 0 radical (unpaired) electrons. The van der Waals surface area contributed by atoms with Crippen LogP contribution in [0.4, 0.5) is 5.69 Å². The minimum atomic E-state index is -3.56. The molecule has 29 heavy (non-hydrogen) atoms. The Hall–Kier alpha value is -2.51. The third-order valence-corrected chi connectivity index (χ3v) is 7.28. The van der Waals surface area contributed by atoms with Crippen molar-refractivity contribution in [2.45, 2.75) is 43.2 Å². The Bertz CT molecular complexity index is 1060. The molecule has 4 rings (SSSR count). The first-order valence-corrected chi connectivity index (χ1v) is 11.3. The lowest BCUT2D eigenvalue weighted by Gasteiger charge is -2.38. The van der Waals surface area contributed by atoms with Gasteiger partial charge in [0.25, 0.3) is 0 Å². The van der Waals surface area contributed by atoms with Crippen LogP contribution in [0.2, 0.25) is 0 Å². The molecule has 7 heteroatoms. The topological polar surface area (TPSA) is 87.7 Å². The number of fused-ring (bicyclic) bond motifs is 3. The molecule has 0 spiro atoms. The van der Waals surface area contributed by atoms with Crippen molar-refractivity contribution in [3.8, 4) is 11.5 Å². The summed E-state index contributed by atoms with van der Waals surface area (Å²) in [7, 11) is -2.02. The van der Waals surface area contributed by atoms with Gasteiger partial charge < -0.3 is 15.2 Å². The smallest absolute Gasteiger partial charge is 0.240 e. The van der Waals surface area contributed by atoms with Crippen LogP contribution < -0.4 is 14.8 Å². The molecule has 0 saturated carbocycles. The van der Waals surface area contributed by atoms with Crippen LogP contribution in [0.15, 0.2) is 53.4 Å². The van der Waals surface area contributed by atoms with E-state index in [1.54, 1.807) is 32.0 Å². The van der Waals surface area contributed by atoms with Crippen molar-refractivity contribution in [2.24, 2.45) is 5.92 Å². The van der Waals surface area contributed by atoms with E-state index in [9.17, 15) is 13.5 Å². The van der Waals surface area contributed by atoms with Crippen LogP contribution in [0.3, 0.4) is 0 Å². The van der Waals surface area contributed by atoms with Crippen LogP contribution >= 0.6 is 0 Å². The van der Waals surface area contributed by atoms with Crippen molar-refractivity contribution in [2.75, 3.05) is 12.4 Å². The van der Waals surface area contributed by atoms with Gasteiger partial charge in [-0.1, -0.05) is 24.3 Å². The highest BCUT2D eigenvalue weighted by atomic mass is 32.2. The van der Waals surface area contributed by atoms with E-state index in [-0.39, 0.29) is 34.6 Å². The Morgan fingerprint density at radius 3 is 2.72 bits per heavy atom. The number of rotatable bonds is 5. The van der Waals surface area contributed by atoms with Crippen molar-refractivity contribution >= 4 is 15.7 Å². The molecule has 154 valence electrons. The number of aromatic hydroxyl groups is 1. The minimum Gasteiger partial charge on any atom is -0.504 e. The predicted octanol–water partition coefficient (Wildman–Crippen LogP) is 3.91. The van der Waals surface area contributed by atoms with E-state index in [4.69, 9.17) is 4.74 Å². The Morgan fingerprint density at radius 1 is 1.21 bits per heavy atom. The molecule has 3 N–H and O–H groups in total. The van der Waals surface area contributed by atoms with Gasteiger partial charge in [-0.15, -0.1) is 0 Å². The molecule has 0 amide bonds. The monoisotopic (exact) mass is 414 g/mol. The second kappa shape index (κ2) is 7.39. The van der Waals surface area contributed by atoms with E-state index in [1.165, 1.54) is 7.11 Å². The van der Waals surface area contributed by atoms with Gasteiger partial charge in [0.1, 0.15) is 0 Å². The number of hydrogen-bond acceptors (Lipinski definition) is 5. The lowest BCUT2D eigenvalue weighted by molar-refractivity contribution is 0.358. The second-order valence-electron chi connectivity index (χ2n) is 7.90. The molecule has 0 bridgehead atoms. The Morgan fingerprint density at radius 2 is 2.00 bits per heavy atom. The largest absolute Gasteiger partial charge is 0.504 e. The van der Waals surface area contributed by atoms with Gasteiger partial charge in [-0.05, 0) is 56.0 Å². The highest BCUT2D eigenvalue weighted by Gasteiger charge is 2.39. The lowest BCUT2D eigenvalue weighted by Crippen LogP contribution is -2.32. The second-order valence-corrected chi connectivity index (χ2v) is 9.61. The fourth-order valence-electron chi connectivity index (χ4n) is 4.38. The maximum absolute atomic E-state index is 12.6. The average Bonchev–Trinajstić information content (AvgIpc) is 3.16. The quantitative estimate of drug-likeness (QED) is 0.646. The van der Waals surface area contributed by atoms with Gasteiger partial charge in [-0.25, -0.2) is 13.1 Å². The molecule has 6 nitrogen and oxygen atoms in total. The van der Waals surface area contributed by atoms with E-state index in [0.717, 1.165) is 23.2 Å². The molecule has 1 heterocycles. The van der Waals surface area contributed by atoms with Crippen LogP contribution in [-0.4, -0.2) is 26.7 Å². The summed E-state index contributed by atoms with van der Waals surface area (Å²) in [5.74, 6) is 0.841. The third-order valence-electron chi connectivity index (χ3n) is 5.62. The van der Waals surface area contributed by atoms with Gasteiger partial charge in [0.05, 0.1) is 18.0 Å². The average molecular weight is 415 g/mol. The molecule has 2 aromatic carbocycles. The predicted molar refractivity (Wildman–Crippen MR) is 113 cm³/mol. The summed E-state index contributed by atoms with van der Waals surface area (Å²) in [6.07, 6.45) is 5.12. The van der Waals surface area contributed by atoms with Crippen LogP contribution in [0.5, 0.6) is 11.5 Å². The SMILES string of the molecule is COc1cccc(C2Nc3ccc(S(=O)(=O)NC(C)C)cc3C3C=CCC32)c1O. The first kappa shape index (κ1) is 19.8. The van der Waals surface area contributed by atoms with Gasteiger partial charge in [-0.2, -0.15) is 0 Å². The molecule has 2 aliphatic rings. The Kier molecular flexibility index (Phi) is 5.04. The van der Waals surface area contributed by atoms with Crippen molar-refractivity contribution in [3.63, 3.8) is 0 Å². The van der Waals surface area contributed by atoms with Crippen LogP contribution in [0, 0.1) is 5.92 Å². The number of phenolic OH excluding ortho intramolecular Hbond substituents is 1. The normalized spacial score (nSPS) is 22.8. The summed E-state index contributed by atoms with van der Waals surface area (Å²) in [6.45, 7) is 3.61. The number of benzene rings is 2. The lowest BCUT2D eigenvalue weighted by atomic mass is 9.77. The van der Waals surface area contributed by atoms with Gasteiger partial charge in [-0.3, -0.25) is 0 Å². The van der Waals surface area contributed by atoms with Gasteiger partial charge >= 0.3 is 0 Å². The fraction of sp³-hybridized carbons (Fsp3) is 0.364. The molecule has 2 aromatic rings. The molecule has 3 unspecified atom stereocenters. The number of nitrogens with one attached hydrogen (secondary N) is 2. The van der Waals surface area contributed by atoms with Gasteiger partial charge in [0, 0.05) is 23.2 Å². The summed E-state index contributed by atoms with van der Waals surface area (Å²) in [4.78, 5) is 0.272.